The minimum atomic E-state index is -1.10. The van der Waals surface area contributed by atoms with Crippen LogP contribution in [0.2, 0.25) is 5.02 Å². The molecule has 0 aliphatic heterocycles. The molecule has 5 aromatic rings. The summed E-state index contributed by atoms with van der Waals surface area (Å²) < 4.78 is 4.64. The van der Waals surface area contributed by atoms with Crippen LogP contribution in [0.15, 0.2) is 55.2 Å². The first-order chi connectivity index (χ1) is 15.4. The number of hydrogen-bond acceptors (Lipinski definition) is 6. The SMILES string of the molecule is Cn1cc(-c2cc3cnc(Nc4ccc(-c5nncn5C)cc4Cl)cc3n2C(=O)O)cn1. The summed E-state index contributed by atoms with van der Waals surface area (Å²) in [7, 11) is 3.63. The molecule has 160 valence electrons. The summed E-state index contributed by atoms with van der Waals surface area (Å²) in [5.41, 5.74) is 3.17. The van der Waals surface area contributed by atoms with Crippen LogP contribution in [0.1, 0.15) is 0 Å². The highest BCUT2D eigenvalue weighted by Crippen LogP contribution is 2.32. The molecule has 0 saturated heterocycles. The van der Waals surface area contributed by atoms with E-state index in [2.05, 4.69) is 25.6 Å². The van der Waals surface area contributed by atoms with Crippen molar-refractivity contribution in [2.24, 2.45) is 14.1 Å². The van der Waals surface area contributed by atoms with Crippen LogP contribution in [-0.2, 0) is 14.1 Å². The van der Waals surface area contributed by atoms with Crippen molar-refractivity contribution in [3.8, 4) is 22.6 Å². The molecule has 0 atom stereocenters. The molecule has 32 heavy (non-hydrogen) atoms. The average Bonchev–Trinajstić information content (AvgIpc) is 3.47. The lowest BCUT2D eigenvalue weighted by atomic mass is 10.2. The van der Waals surface area contributed by atoms with E-state index in [1.165, 1.54) is 4.57 Å². The summed E-state index contributed by atoms with van der Waals surface area (Å²) in [5.74, 6) is 1.16. The fourth-order valence-corrected chi connectivity index (χ4v) is 3.81. The Bertz CT molecular complexity index is 1480. The van der Waals surface area contributed by atoms with Gasteiger partial charge in [0.1, 0.15) is 12.1 Å². The molecule has 0 aliphatic carbocycles. The fourth-order valence-electron chi connectivity index (χ4n) is 3.58. The molecule has 0 bridgehead atoms. The third-order valence-electron chi connectivity index (χ3n) is 5.08. The van der Waals surface area contributed by atoms with Gasteiger partial charge in [0, 0.05) is 49.1 Å². The zero-order chi connectivity index (χ0) is 22.4. The number of nitrogens with one attached hydrogen (secondary N) is 1. The zero-order valence-electron chi connectivity index (χ0n) is 17.1. The zero-order valence-corrected chi connectivity index (χ0v) is 17.8. The predicted octanol–water partition coefficient (Wildman–Crippen LogP) is 4.16. The van der Waals surface area contributed by atoms with Crippen molar-refractivity contribution in [3.05, 3.63) is 60.3 Å². The van der Waals surface area contributed by atoms with Gasteiger partial charge in [-0.2, -0.15) is 5.10 Å². The Kier molecular flexibility index (Phi) is 4.63. The number of pyridine rings is 1. The molecule has 4 aromatic heterocycles. The average molecular weight is 449 g/mol. The molecule has 0 aliphatic rings. The second-order valence-corrected chi connectivity index (χ2v) is 7.67. The third kappa shape index (κ3) is 3.36. The molecule has 4 heterocycles. The lowest BCUT2D eigenvalue weighted by Crippen LogP contribution is -2.09. The van der Waals surface area contributed by atoms with Gasteiger partial charge in [-0.25, -0.2) is 14.3 Å². The molecule has 0 spiro atoms. The van der Waals surface area contributed by atoms with Gasteiger partial charge in [-0.1, -0.05) is 11.6 Å². The fraction of sp³-hybridized carbons (Fsp3) is 0.0952. The smallest absolute Gasteiger partial charge is 0.416 e. The van der Waals surface area contributed by atoms with Crippen LogP contribution >= 0.6 is 11.6 Å². The molecule has 11 heteroatoms. The van der Waals surface area contributed by atoms with Crippen LogP contribution in [0.25, 0.3) is 33.5 Å². The van der Waals surface area contributed by atoms with E-state index in [4.69, 9.17) is 11.6 Å². The van der Waals surface area contributed by atoms with E-state index in [-0.39, 0.29) is 0 Å². The topological polar surface area (TPSA) is 116 Å². The molecular formula is C21H17ClN8O2. The third-order valence-corrected chi connectivity index (χ3v) is 5.39. The van der Waals surface area contributed by atoms with Crippen molar-refractivity contribution in [1.29, 1.82) is 0 Å². The molecule has 0 saturated carbocycles. The Morgan fingerprint density at radius 2 is 1.97 bits per heavy atom. The van der Waals surface area contributed by atoms with E-state index < -0.39 is 6.09 Å². The van der Waals surface area contributed by atoms with Gasteiger partial charge in [0.25, 0.3) is 0 Å². The summed E-state index contributed by atoms with van der Waals surface area (Å²) in [6.45, 7) is 0. The van der Waals surface area contributed by atoms with Crippen molar-refractivity contribution < 1.29 is 9.90 Å². The van der Waals surface area contributed by atoms with Gasteiger partial charge < -0.3 is 15.0 Å². The summed E-state index contributed by atoms with van der Waals surface area (Å²) in [4.78, 5) is 16.5. The maximum atomic E-state index is 12.0. The number of rotatable bonds is 4. The number of carbonyl (C=O) groups is 1. The second-order valence-electron chi connectivity index (χ2n) is 7.26. The summed E-state index contributed by atoms with van der Waals surface area (Å²) in [6.07, 6.45) is 5.53. The molecule has 1 aromatic carbocycles. The minimum Gasteiger partial charge on any atom is -0.464 e. The minimum absolute atomic E-state index is 0.462. The lowest BCUT2D eigenvalue weighted by Gasteiger charge is -2.10. The van der Waals surface area contributed by atoms with Crippen molar-refractivity contribution in [1.82, 2.24) is 34.1 Å². The summed E-state index contributed by atoms with van der Waals surface area (Å²) in [6, 6.07) is 8.93. The Labute approximate surface area is 186 Å². The summed E-state index contributed by atoms with van der Waals surface area (Å²) in [5, 5.41) is 26.3. The molecule has 2 N–H and O–H groups in total. The van der Waals surface area contributed by atoms with Crippen LogP contribution in [0.5, 0.6) is 0 Å². The highest BCUT2D eigenvalue weighted by molar-refractivity contribution is 6.33. The number of halogens is 1. The van der Waals surface area contributed by atoms with Crippen molar-refractivity contribution in [2.45, 2.75) is 0 Å². The van der Waals surface area contributed by atoms with Crippen LogP contribution < -0.4 is 5.32 Å². The van der Waals surface area contributed by atoms with E-state index in [9.17, 15) is 9.90 Å². The van der Waals surface area contributed by atoms with Crippen molar-refractivity contribution in [3.63, 3.8) is 0 Å². The number of nitrogens with zero attached hydrogens (tertiary/aromatic N) is 7. The number of fused-ring (bicyclic) bond motifs is 1. The number of hydrogen-bond donors (Lipinski definition) is 2. The van der Waals surface area contributed by atoms with Gasteiger partial charge in [0.15, 0.2) is 5.82 Å². The number of benzene rings is 1. The first kappa shape index (κ1) is 19.8. The largest absolute Gasteiger partial charge is 0.464 e. The quantitative estimate of drug-likeness (QED) is 0.424. The first-order valence-corrected chi connectivity index (χ1v) is 9.93. The van der Waals surface area contributed by atoms with Crippen LogP contribution in [-0.4, -0.2) is 45.3 Å². The predicted molar refractivity (Wildman–Crippen MR) is 120 cm³/mol. The number of anilines is 2. The van der Waals surface area contributed by atoms with E-state index in [1.54, 1.807) is 59.4 Å². The molecule has 0 unspecified atom stereocenters. The van der Waals surface area contributed by atoms with Crippen molar-refractivity contribution in [2.75, 3.05) is 5.32 Å². The standard InChI is InChI=1S/C21H17ClN8O2/c1-28-11-24-27-20(28)12-3-4-16(15(22)5-12)26-19-7-18-13(8-23-19)6-17(30(18)21(31)32)14-9-25-29(2)10-14/h3-11H,1-2H3,(H,23,26)(H,31,32). The van der Waals surface area contributed by atoms with Gasteiger partial charge in [0.05, 0.1) is 28.1 Å². The summed E-state index contributed by atoms with van der Waals surface area (Å²) >= 11 is 6.48. The van der Waals surface area contributed by atoms with E-state index in [0.717, 1.165) is 5.56 Å². The second kappa shape index (κ2) is 7.50. The highest BCUT2D eigenvalue weighted by Gasteiger charge is 2.18. The number of carboxylic acid groups (broad SMARTS) is 1. The molecule has 0 amide bonds. The van der Waals surface area contributed by atoms with E-state index >= 15 is 0 Å². The Morgan fingerprint density at radius 1 is 1.12 bits per heavy atom. The maximum absolute atomic E-state index is 12.0. The maximum Gasteiger partial charge on any atom is 0.416 e. The van der Waals surface area contributed by atoms with E-state index in [1.807, 2.05) is 19.2 Å². The Balaban J connectivity index is 1.52. The van der Waals surface area contributed by atoms with Gasteiger partial charge in [0.2, 0.25) is 0 Å². The first-order valence-electron chi connectivity index (χ1n) is 9.55. The van der Waals surface area contributed by atoms with Crippen LogP contribution in [0, 0.1) is 0 Å². The molecule has 10 nitrogen and oxygen atoms in total. The van der Waals surface area contributed by atoms with Gasteiger partial charge in [-0.15, -0.1) is 10.2 Å². The number of aryl methyl sites for hydroxylation is 2. The highest BCUT2D eigenvalue weighted by atomic mass is 35.5. The van der Waals surface area contributed by atoms with Crippen molar-refractivity contribution >= 4 is 40.1 Å². The van der Waals surface area contributed by atoms with Gasteiger partial charge >= 0.3 is 6.09 Å². The molecule has 0 radical (unpaired) electrons. The van der Waals surface area contributed by atoms with Crippen LogP contribution in [0.3, 0.4) is 0 Å². The normalized spacial score (nSPS) is 11.2. The van der Waals surface area contributed by atoms with Gasteiger partial charge in [-0.3, -0.25) is 4.68 Å². The lowest BCUT2D eigenvalue weighted by molar-refractivity contribution is 0.198. The number of aromatic nitrogens is 7. The molecule has 5 rings (SSSR count). The Morgan fingerprint density at radius 3 is 2.62 bits per heavy atom. The van der Waals surface area contributed by atoms with Gasteiger partial charge in [-0.05, 0) is 24.3 Å². The molecular weight excluding hydrogens is 432 g/mol. The van der Waals surface area contributed by atoms with E-state index in [0.29, 0.717) is 44.5 Å². The molecule has 0 fully saturated rings. The monoisotopic (exact) mass is 448 g/mol. The van der Waals surface area contributed by atoms with Crippen LogP contribution in [0.4, 0.5) is 16.3 Å². The Hall–Kier alpha value is -4.18.